The van der Waals surface area contributed by atoms with E-state index >= 15 is 0 Å². The molecule has 0 spiro atoms. The van der Waals surface area contributed by atoms with Gasteiger partial charge in [-0.1, -0.05) is 24.3 Å². The highest BCUT2D eigenvalue weighted by molar-refractivity contribution is 6.02. The number of ether oxygens (including phenoxy) is 5. The van der Waals surface area contributed by atoms with Crippen molar-refractivity contribution in [1.29, 1.82) is 0 Å². The second-order valence-corrected chi connectivity index (χ2v) is 7.51. The van der Waals surface area contributed by atoms with Gasteiger partial charge in [-0.05, 0) is 59.2 Å². The molecule has 0 atom stereocenters. The van der Waals surface area contributed by atoms with Crippen molar-refractivity contribution in [3.63, 3.8) is 0 Å². The summed E-state index contributed by atoms with van der Waals surface area (Å²) < 4.78 is 26.6. The molecular weight excluding hydrogens is 462 g/mol. The molecule has 0 radical (unpaired) electrons. The predicted molar refractivity (Wildman–Crippen MR) is 140 cm³/mol. The molecule has 2 N–H and O–H groups in total. The van der Waals surface area contributed by atoms with Gasteiger partial charge in [-0.25, -0.2) is 0 Å². The van der Waals surface area contributed by atoms with Gasteiger partial charge < -0.3 is 34.1 Å². The van der Waals surface area contributed by atoms with Gasteiger partial charge in [0.2, 0.25) is 11.7 Å². The number of benzene rings is 3. The lowest BCUT2D eigenvalue weighted by molar-refractivity contribution is -0.111. The Bertz CT molecular complexity index is 1260. The van der Waals surface area contributed by atoms with Crippen molar-refractivity contribution in [3.8, 4) is 34.5 Å². The highest BCUT2D eigenvalue weighted by atomic mass is 16.5. The van der Waals surface area contributed by atoms with E-state index in [1.807, 2.05) is 24.3 Å². The predicted octanol–water partition coefficient (Wildman–Crippen LogP) is 5.26. The molecule has 0 saturated carbocycles. The van der Waals surface area contributed by atoms with Crippen molar-refractivity contribution in [2.24, 2.45) is 0 Å². The molecule has 8 heteroatoms. The number of anilines is 1. The first kappa shape index (κ1) is 26.0. The summed E-state index contributed by atoms with van der Waals surface area (Å²) in [6.45, 7) is 0. The lowest BCUT2D eigenvalue weighted by atomic mass is 10.1. The van der Waals surface area contributed by atoms with E-state index in [0.717, 1.165) is 16.7 Å². The maximum atomic E-state index is 12.4. The van der Waals surface area contributed by atoms with E-state index in [1.165, 1.54) is 6.08 Å². The summed E-state index contributed by atoms with van der Waals surface area (Å²) in [6, 6.07) is 13.9. The first-order valence-corrected chi connectivity index (χ1v) is 10.9. The van der Waals surface area contributed by atoms with Gasteiger partial charge >= 0.3 is 0 Å². The monoisotopic (exact) mass is 491 g/mol. The van der Waals surface area contributed by atoms with Crippen LogP contribution in [0.15, 0.2) is 54.6 Å². The molecule has 0 fully saturated rings. The number of nitrogens with one attached hydrogen (secondary N) is 1. The molecule has 0 saturated heterocycles. The summed E-state index contributed by atoms with van der Waals surface area (Å²) in [5, 5.41) is 13.1. The summed E-state index contributed by atoms with van der Waals surface area (Å²) in [5.74, 6) is 2.30. The molecule has 3 rings (SSSR count). The van der Waals surface area contributed by atoms with Crippen molar-refractivity contribution < 1.29 is 33.6 Å². The minimum absolute atomic E-state index is 0.0603. The van der Waals surface area contributed by atoms with E-state index in [-0.39, 0.29) is 11.7 Å². The van der Waals surface area contributed by atoms with Gasteiger partial charge in [0.1, 0.15) is 5.75 Å². The third-order valence-electron chi connectivity index (χ3n) is 5.27. The van der Waals surface area contributed by atoms with Gasteiger partial charge in [0.15, 0.2) is 23.0 Å². The number of hydrogen-bond donors (Lipinski definition) is 2. The number of amides is 1. The molecule has 0 aliphatic rings. The zero-order valence-corrected chi connectivity index (χ0v) is 20.8. The van der Waals surface area contributed by atoms with Gasteiger partial charge in [-0.3, -0.25) is 4.79 Å². The molecule has 3 aromatic rings. The van der Waals surface area contributed by atoms with Crippen LogP contribution in [0.5, 0.6) is 34.5 Å². The van der Waals surface area contributed by atoms with Crippen LogP contribution in [0.4, 0.5) is 5.69 Å². The van der Waals surface area contributed by atoms with Crippen LogP contribution in [0.1, 0.15) is 16.7 Å². The Hall–Kier alpha value is -4.59. The SMILES string of the molecule is COc1ccc(/C=C/C(=O)Nc2ccc(/C=C/c3cc(OC)c(OC)c(OC)c3)cc2O)cc1OC. The van der Waals surface area contributed by atoms with Crippen LogP contribution in [0.2, 0.25) is 0 Å². The van der Waals surface area contributed by atoms with Gasteiger partial charge in [0, 0.05) is 6.08 Å². The molecule has 188 valence electrons. The topological polar surface area (TPSA) is 95.5 Å². The molecule has 0 aliphatic heterocycles. The average Bonchev–Trinajstić information content (AvgIpc) is 2.91. The highest BCUT2D eigenvalue weighted by Crippen LogP contribution is 2.38. The van der Waals surface area contributed by atoms with Crippen LogP contribution < -0.4 is 29.0 Å². The summed E-state index contributed by atoms with van der Waals surface area (Å²) in [6.07, 6.45) is 6.69. The van der Waals surface area contributed by atoms with Crippen LogP contribution in [-0.4, -0.2) is 46.6 Å². The lowest BCUT2D eigenvalue weighted by Gasteiger charge is -2.12. The Morgan fingerprint density at radius 2 is 1.22 bits per heavy atom. The van der Waals surface area contributed by atoms with E-state index < -0.39 is 0 Å². The second-order valence-electron chi connectivity index (χ2n) is 7.51. The fraction of sp³-hybridized carbons (Fsp3) is 0.179. The van der Waals surface area contributed by atoms with E-state index in [1.54, 1.807) is 78.0 Å². The first-order chi connectivity index (χ1) is 17.4. The van der Waals surface area contributed by atoms with Gasteiger partial charge in [-0.15, -0.1) is 0 Å². The molecule has 0 unspecified atom stereocenters. The number of carbonyl (C=O) groups excluding carboxylic acids is 1. The maximum absolute atomic E-state index is 12.4. The third-order valence-corrected chi connectivity index (χ3v) is 5.27. The zero-order valence-electron chi connectivity index (χ0n) is 20.8. The van der Waals surface area contributed by atoms with Gasteiger partial charge in [0.25, 0.3) is 0 Å². The number of phenols is 1. The van der Waals surface area contributed by atoms with E-state index in [9.17, 15) is 9.90 Å². The molecule has 8 nitrogen and oxygen atoms in total. The molecule has 3 aromatic carbocycles. The quantitative estimate of drug-likeness (QED) is 0.227. The lowest BCUT2D eigenvalue weighted by Crippen LogP contribution is -2.07. The normalized spacial score (nSPS) is 10.9. The van der Waals surface area contributed by atoms with E-state index in [0.29, 0.717) is 34.4 Å². The van der Waals surface area contributed by atoms with Crippen molar-refractivity contribution in [3.05, 3.63) is 71.3 Å². The molecule has 1 amide bonds. The van der Waals surface area contributed by atoms with Crippen LogP contribution in [-0.2, 0) is 4.79 Å². The molecule has 0 aliphatic carbocycles. The Morgan fingerprint density at radius 1 is 0.667 bits per heavy atom. The molecule has 36 heavy (non-hydrogen) atoms. The highest BCUT2D eigenvalue weighted by Gasteiger charge is 2.12. The minimum Gasteiger partial charge on any atom is -0.506 e. The minimum atomic E-state index is -0.388. The number of hydrogen-bond acceptors (Lipinski definition) is 7. The Labute approximate surface area is 210 Å². The number of aromatic hydroxyl groups is 1. The summed E-state index contributed by atoms with van der Waals surface area (Å²) in [5.41, 5.74) is 2.61. The van der Waals surface area contributed by atoms with Crippen molar-refractivity contribution in [1.82, 2.24) is 0 Å². The molecule has 0 bridgehead atoms. The number of phenolic OH excluding ortho intramolecular Hbond substituents is 1. The van der Waals surface area contributed by atoms with Gasteiger partial charge in [0.05, 0.1) is 41.2 Å². The summed E-state index contributed by atoms with van der Waals surface area (Å²) in [7, 11) is 7.76. The van der Waals surface area contributed by atoms with Crippen molar-refractivity contribution in [2.45, 2.75) is 0 Å². The third kappa shape index (κ3) is 6.29. The zero-order chi connectivity index (χ0) is 26.1. The Morgan fingerprint density at radius 3 is 1.81 bits per heavy atom. The van der Waals surface area contributed by atoms with Crippen LogP contribution >= 0.6 is 0 Å². The summed E-state index contributed by atoms with van der Waals surface area (Å²) >= 11 is 0. The molecule has 0 heterocycles. The fourth-order valence-corrected chi connectivity index (χ4v) is 3.45. The Balaban J connectivity index is 1.70. The van der Waals surface area contributed by atoms with Crippen LogP contribution in [0.25, 0.3) is 18.2 Å². The smallest absolute Gasteiger partial charge is 0.248 e. The largest absolute Gasteiger partial charge is 0.506 e. The number of rotatable bonds is 10. The number of methoxy groups -OCH3 is 5. The van der Waals surface area contributed by atoms with E-state index in [4.69, 9.17) is 23.7 Å². The molecular formula is C28H29NO7. The Kier molecular flexibility index (Phi) is 8.83. The second kappa shape index (κ2) is 12.2. The fourth-order valence-electron chi connectivity index (χ4n) is 3.45. The van der Waals surface area contributed by atoms with E-state index in [2.05, 4.69) is 5.32 Å². The average molecular weight is 492 g/mol. The standard InChI is InChI=1S/C28H29NO7/c1-32-23-12-9-19(15-24(23)33-2)10-13-27(31)29-21-11-8-18(14-22(21)30)6-7-20-16-25(34-3)28(36-5)26(17-20)35-4/h6-17,30H,1-5H3,(H,29,31)/b7-6+,13-10+. The maximum Gasteiger partial charge on any atom is 0.248 e. The van der Waals surface area contributed by atoms with Crippen molar-refractivity contribution >= 4 is 29.8 Å². The van der Waals surface area contributed by atoms with Crippen molar-refractivity contribution in [2.75, 3.05) is 40.9 Å². The van der Waals surface area contributed by atoms with Crippen LogP contribution in [0.3, 0.4) is 0 Å². The van der Waals surface area contributed by atoms with Gasteiger partial charge in [-0.2, -0.15) is 0 Å². The first-order valence-electron chi connectivity index (χ1n) is 10.9. The van der Waals surface area contributed by atoms with Crippen LogP contribution in [0, 0.1) is 0 Å². The number of carbonyl (C=O) groups is 1. The summed E-state index contributed by atoms with van der Waals surface area (Å²) in [4.78, 5) is 12.4. The molecule has 0 aromatic heterocycles.